The maximum absolute atomic E-state index is 5.98. The molecule has 2 aromatic heterocycles. The van der Waals surface area contributed by atoms with Gasteiger partial charge in [0.1, 0.15) is 11.6 Å². The van der Waals surface area contributed by atoms with E-state index in [2.05, 4.69) is 31.8 Å². The van der Waals surface area contributed by atoms with Gasteiger partial charge < -0.3 is 14.9 Å². The minimum Gasteiger partial charge on any atom is -0.341 e. The molecule has 1 atom stereocenters. The molecule has 0 aliphatic carbocycles. The molecule has 1 aromatic carbocycles. The summed E-state index contributed by atoms with van der Waals surface area (Å²) >= 11 is 5.98. The molecule has 21 heavy (non-hydrogen) atoms. The smallest absolute Gasteiger partial charge is 0.121 e. The van der Waals surface area contributed by atoms with Crippen LogP contribution in [0.5, 0.6) is 0 Å². The van der Waals surface area contributed by atoms with Gasteiger partial charge in [0, 0.05) is 30.0 Å². The molecule has 3 aromatic rings. The van der Waals surface area contributed by atoms with Crippen molar-refractivity contribution in [2.45, 2.75) is 33.0 Å². The molecule has 0 amide bonds. The Bertz CT molecular complexity index is 745. The molecule has 0 unspecified atom stereocenters. The molecule has 110 valence electrons. The maximum atomic E-state index is 5.98. The van der Waals surface area contributed by atoms with Crippen LogP contribution in [-0.4, -0.2) is 25.6 Å². The number of aryl methyl sites for hydroxylation is 1. The molecule has 0 bridgehead atoms. The summed E-state index contributed by atoms with van der Waals surface area (Å²) in [5.74, 6) is 1.95. The fraction of sp³-hybridized carbons (Fsp3) is 0.333. The van der Waals surface area contributed by atoms with Crippen LogP contribution in [0.15, 0.2) is 30.6 Å². The largest absolute Gasteiger partial charge is 0.341 e. The van der Waals surface area contributed by atoms with E-state index in [0.717, 1.165) is 34.2 Å². The van der Waals surface area contributed by atoms with Crippen LogP contribution in [0.25, 0.3) is 11.0 Å². The second-order valence-corrected chi connectivity index (χ2v) is 5.69. The lowest BCUT2D eigenvalue weighted by Gasteiger charge is -2.14. The van der Waals surface area contributed by atoms with Crippen molar-refractivity contribution in [1.82, 2.24) is 24.8 Å². The van der Waals surface area contributed by atoms with Crippen molar-refractivity contribution >= 4 is 22.6 Å². The Kier molecular flexibility index (Phi) is 3.94. The Morgan fingerprint density at radius 3 is 3.05 bits per heavy atom. The molecule has 6 heteroatoms. The van der Waals surface area contributed by atoms with Crippen LogP contribution < -0.4 is 5.32 Å². The molecule has 5 nitrogen and oxygen atoms in total. The second kappa shape index (κ2) is 5.87. The zero-order chi connectivity index (χ0) is 14.8. The molecule has 0 saturated heterocycles. The highest BCUT2D eigenvalue weighted by Crippen LogP contribution is 2.17. The van der Waals surface area contributed by atoms with Crippen LogP contribution in [0.2, 0.25) is 5.02 Å². The number of fused-ring (bicyclic) bond motifs is 1. The fourth-order valence-corrected chi connectivity index (χ4v) is 2.52. The predicted octanol–water partition coefficient (Wildman–Crippen LogP) is 2.90. The highest BCUT2D eigenvalue weighted by atomic mass is 35.5. The topological polar surface area (TPSA) is 58.5 Å². The second-order valence-electron chi connectivity index (χ2n) is 5.25. The first-order valence-corrected chi connectivity index (χ1v) is 7.35. The molecule has 2 N–H and O–H groups in total. The number of imidazole rings is 2. The summed E-state index contributed by atoms with van der Waals surface area (Å²) in [6.45, 7) is 5.74. The third-order valence-corrected chi connectivity index (χ3v) is 3.74. The van der Waals surface area contributed by atoms with E-state index in [0.29, 0.717) is 12.6 Å². The van der Waals surface area contributed by atoms with Gasteiger partial charge in [0.25, 0.3) is 0 Å². The number of halogens is 1. The van der Waals surface area contributed by atoms with E-state index >= 15 is 0 Å². The third-order valence-electron chi connectivity index (χ3n) is 3.51. The summed E-state index contributed by atoms with van der Waals surface area (Å²) in [5.41, 5.74) is 1.91. The van der Waals surface area contributed by atoms with Crippen molar-refractivity contribution in [1.29, 1.82) is 0 Å². The number of nitrogens with one attached hydrogen (secondary N) is 2. The Hall–Kier alpha value is -1.85. The van der Waals surface area contributed by atoms with E-state index in [1.165, 1.54) is 0 Å². The van der Waals surface area contributed by atoms with Gasteiger partial charge in [0.15, 0.2) is 0 Å². The van der Waals surface area contributed by atoms with E-state index in [4.69, 9.17) is 11.6 Å². The van der Waals surface area contributed by atoms with Crippen molar-refractivity contribution in [3.8, 4) is 0 Å². The Morgan fingerprint density at radius 1 is 1.43 bits per heavy atom. The number of rotatable bonds is 5. The SMILES string of the molecule is Cc1nccn1C[C@H](C)NCc1nc2ccc(Cl)cc2[nH]1. The van der Waals surface area contributed by atoms with Gasteiger partial charge in [-0.15, -0.1) is 0 Å². The van der Waals surface area contributed by atoms with Crippen LogP contribution >= 0.6 is 11.6 Å². The summed E-state index contributed by atoms with van der Waals surface area (Å²) in [7, 11) is 0. The summed E-state index contributed by atoms with van der Waals surface area (Å²) in [4.78, 5) is 12.1. The quantitative estimate of drug-likeness (QED) is 0.762. The van der Waals surface area contributed by atoms with E-state index < -0.39 is 0 Å². The van der Waals surface area contributed by atoms with Gasteiger partial charge >= 0.3 is 0 Å². The average Bonchev–Trinajstić information content (AvgIpc) is 3.02. The van der Waals surface area contributed by atoms with Crippen molar-refractivity contribution < 1.29 is 0 Å². The molecular weight excluding hydrogens is 286 g/mol. The lowest BCUT2D eigenvalue weighted by Crippen LogP contribution is -2.30. The van der Waals surface area contributed by atoms with Crippen LogP contribution in [0.3, 0.4) is 0 Å². The minimum atomic E-state index is 0.328. The van der Waals surface area contributed by atoms with E-state index in [-0.39, 0.29) is 0 Å². The molecule has 0 aliphatic heterocycles. The van der Waals surface area contributed by atoms with Gasteiger partial charge in [0.05, 0.1) is 17.6 Å². The van der Waals surface area contributed by atoms with Crippen molar-refractivity contribution in [3.05, 3.63) is 47.3 Å². The summed E-state index contributed by atoms with van der Waals surface area (Å²) in [6, 6.07) is 6.00. The monoisotopic (exact) mass is 303 g/mol. The van der Waals surface area contributed by atoms with Gasteiger partial charge in [-0.3, -0.25) is 0 Å². The lowest BCUT2D eigenvalue weighted by molar-refractivity contribution is 0.466. The van der Waals surface area contributed by atoms with E-state index in [9.17, 15) is 0 Å². The normalized spacial score (nSPS) is 12.9. The van der Waals surface area contributed by atoms with Crippen molar-refractivity contribution in [2.75, 3.05) is 0 Å². The number of aromatic nitrogens is 4. The number of aromatic amines is 1. The number of benzene rings is 1. The molecule has 0 saturated carbocycles. The summed E-state index contributed by atoms with van der Waals surface area (Å²) < 4.78 is 2.13. The first-order chi connectivity index (χ1) is 10.1. The maximum Gasteiger partial charge on any atom is 0.121 e. The lowest BCUT2D eigenvalue weighted by atomic mass is 10.3. The average molecular weight is 304 g/mol. The van der Waals surface area contributed by atoms with Gasteiger partial charge in [-0.25, -0.2) is 9.97 Å². The zero-order valence-electron chi connectivity index (χ0n) is 12.1. The van der Waals surface area contributed by atoms with Crippen LogP contribution in [0.1, 0.15) is 18.6 Å². The van der Waals surface area contributed by atoms with E-state index in [1.807, 2.05) is 37.5 Å². The van der Waals surface area contributed by atoms with Crippen molar-refractivity contribution in [2.24, 2.45) is 0 Å². The highest BCUT2D eigenvalue weighted by molar-refractivity contribution is 6.31. The van der Waals surface area contributed by atoms with Gasteiger partial charge in [-0.05, 0) is 32.0 Å². The zero-order valence-corrected chi connectivity index (χ0v) is 12.9. The Balaban J connectivity index is 1.62. The minimum absolute atomic E-state index is 0.328. The van der Waals surface area contributed by atoms with Crippen LogP contribution in [0.4, 0.5) is 0 Å². The first-order valence-electron chi connectivity index (χ1n) is 6.97. The van der Waals surface area contributed by atoms with Gasteiger partial charge in [0.2, 0.25) is 0 Å². The Morgan fingerprint density at radius 2 is 2.29 bits per heavy atom. The molecule has 2 heterocycles. The first kappa shape index (κ1) is 14.1. The molecule has 0 radical (unpaired) electrons. The third kappa shape index (κ3) is 3.25. The molecule has 0 spiro atoms. The molecular formula is C15H18ClN5. The highest BCUT2D eigenvalue weighted by Gasteiger charge is 2.07. The summed E-state index contributed by atoms with van der Waals surface area (Å²) in [5, 5.41) is 4.18. The number of H-pyrrole nitrogens is 1. The standard InChI is InChI=1S/C15H18ClN5/c1-10(9-21-6-5-17-11(21)2)18-8-15-19-13-4-3-12(16)7-14(13)20-15/h3-7,10,18H,8-9H2,1-2H3,(H,19,20)/t10-/m0/s1. The summed E-state index contributed by atoms with van der Waals surface area (Å²) in [6.07, 6.45) is 3.82. The number of nitrogens with zero attached hydrogens (tertiary/aromatic N) is 3. The molecule has 0 aliphatic rings. The number of hydrogen-bond acceptors (Lipinski definition) is 3. The van der Waals surface area contributed by atoms with Gasteiger partial charge in [-0.2, -0.15) is 0 Å². The molecule has 3 rings (SSSR count). The molecule has 0 fully saturated rings. The fourth-order valence-electron chi connectivity index (χ4n) is 2.35. The van der Waals surface area contributed by atoms with Gasteiger partial charge in [-0.1, -0.05) is 11.6 Å². The van der Waals surface area contributed by atoms with Crippen LogP contribution in [0, 0.1) is 6.92 Å². The number of hydrogen-bond donors (Lipinski definition) is 2. The Labute approximate surface area is 128 Å². The van der Waals surface area contributed by atoms with Crippen LogP contribution in [-0.2, 0) is 13.1 Å². The van der Waals surface area contributed by atoms with Crippen molar-refractivity contribution in [3.63, 3.8) is 0 Å². The van der Waals surface area contributed by atoms with E-state index in [1.54, 1.807) is 0 Å². The predicted molar refractivity (Wildman–Crippen MR) is 84.4 cm³/mol.